The summed E-state index contributed by atoms with van der Waals surface area (Å²) in [5.41, 5.74) is -0.745. The summed E-state index contributed by atoms with van der Waals surface area (Å²) in [6.45, 7) is 3.04. The maximum atomic E-state index is 10.2. The number of hydrogen-bond donors (Lipinski definition) is 1. The lowest BCUT2D eigenvalue weighted by Crippen LogP contribution is -2.46. The van der Waals surface area contributed by atoms with E-state index >= 15 is 0 Å². The van der Waals surface area contributed by atoms with Crippen LogP contribution < -0.4 is 4.90 Å². The Kier molecular flexibility index (Phi) is 3.27. The zero-order valence-corrected chi connectivity index (χ0v) is 11.7. The highest BCUT2D eigenvalue weighted by Crippen LogP contribution is 2.24. The van der Waals surface area contributed by atoms with Gasteiger partial charge in [0.25, 0.3) is 5.95 Å². The zero-order valence-electron chi connectivity index (χ0n) is 10.9. The molecule has 0 aliphatic carbocycles. The van der Waals surface area contributed by atoms with Gasteiger partial charge in [-0.3, -0.25) is 0 Å². The third-order valence-electron chi connectivity index (χ3n) is 3.17. The molecule has 1 unspecified atom stereocenters. The van der Waals surface area contributed by atoms with Crippen LogP contribution in [-0.2, 0) is 0 Å². The van der Waals surface area contributed by atoms with Crippen molar-refractivity contribution in [3.63, 3.8) is 0 Å². The second-order valence-corrected chi connectivity index (χ2v) is 5.40. The number of rotatable bonds is 2. The normalized spacial score (nSPS) is 23.1. The molecular formula is C11H14ClN7O. The van der Waals surface area contributed by atoms with Crippen LogP contribution in [0.1, 0.15) is 19.8 Å². The van der Waals surface area contributed by atoms with Gasteiger partial charge in [-0.25, -0.2) is 4.98 Å². The van der Waals surface area contributed by atoms with Gasteiger partial charge in [-0.15, -0.1) is 0 Å². The summed E-state index contributed by atoms with van der Waals surface area (Å²) in [5.74, 6) is 0.748. The molecule has 8 nitrogen and oxygen atoms in total. The van der Waals surface area contributed by atoms with Crippen LogP contribution in [0.25, 0.3) is 5.95 Å². The molecule has 1 saturated heterocycles. The highest BCUT2D eigenvalue weighted by atomic mass is 35.5. The Morgan fingerprint density at radius 1 is 1.30 bits per heavy atom. The molecule has 0 spiro atoms. The average Bonchev–Trinajstić information content (AvgIpc) is 2.90. The summed E-state index contributed by atoms with van der Waals surface area (Å²) >= 11 is 5.94. The molecule has 2 aromatic heterocycles. The summed E-state index contributed by atoms with van der Waals surface area (Å²) in [6, 6.07) is 0. The lowest BCUT2D eigenvalue weighted by atomic mass is 9.95. The number of hydrogen-bond acceptors (Lipinski definition) is 7. The van der Waals surface area contributed by atoms with Crippen molar-refractivity contribution in [3.05, 3.63) is 17.9 Å². The van der Waals surface area contributed by atoms with Crippen LogP contribution in [0.3, 0.4) is 0 Å². The summed E-state index contributed by atoms with van der Waals surface area (Å²) in [7, 11) is 0. The lowest BCUT2D eigenvalue weighted by molar-refractivity contribution is 0.0444. The SMILES string of the molecule is CC1(O)CCCN(c2nc(Cl)nc(-n3cncn3)n2)C1. The Bertz CT molecular complexity index is 601. The maximum Gasteiger partial charge on any atom is 0.258 e. The van der Waals surface area contributed by atoms with Crippen LogP contribution in [0.4, 0.5) is 5.95 Å². The first kappa shape index (κ1) is 13.2. The standard InChI is InChI=1S/C11H14ClN7O/c1-11(20)3-2-4-18(5-11)9-15-8(12)16-10(17-9)19-7-13-6-14-19/h6-7,20H,2-5H2,1H3. The van der Waals surface area contributed by atoms with Crippen molar-refractivity contribution in [3.8, 4) is 5.95 Å². The van der Waals surface area contributed by atoms with Gasteiger partial charge in [-0.1, -0.05) is 0 Å². The van der Waals surface area contributed by atoms with E-state index in [2.05, 4.69) is 25.0 Å². The molecule has 0 radical (unpaired) electrons. The van der Waals surface area contributed by atoms with Gasteiger partial charge in [-0.2, -0.15) is 24.7 Å². The van der Waals surface area contributed by atoms with Crippen LogP contribution in [0, 0.1) is 0 Å². The minimum atomic E-state index is -0.745. The van der Waals surface area contributed by atoms with Gasteiger partial charge >= 0.3 is 0 Å². The molecule has 3 heterocycles. The van der Waals surface area contributed by atoms with Gasteiger partial charge in [0, 0.05) is 13.1 Å². The van der Waals surface area contributed by atoms with Gasteiger partial charge in [0.1, 0.15) is 12.7 Å². The Labute approximate surface area is 120 Å². The molecule has 2 aromatic rings. The fourth-order valence-corrected chi connectivity index (χ4v) is 2.43. The Morgan fingerprint density at radius 3 is 2.80 bits per heavy atom. The molecule has 20 heavy (non-hydrogen) atoms. The van der Waals surface area contributed by atoms with Crippen LogP contribution in [0.5, 0.6) is 0 Å². The zero-order chi connectivity index (χ0) is 14.2. The van der Waals surface area contributed by atoms with E-state index < -0.39 is 5.60 Å². The largest absolute Gasteiger partial charge is 0.388 e. The second kappa shape index (κ2) is 4.95. The molecule has 1 aliphatic heterocycles. The second-order valence-electron chi connectivity index (χ2n) is 5.07. The van der Waals surface area contributed by atoms with Gasteiger partial charge in [0.15, 0.2) is 0 Å². The van der Waals surface area contributed by atoms with Gasteiger partial charge in [0.05, 0.1) is 5.60 Å². The number of β-amino-alcohol motifs (C(OH)–C–C–N with tert-alkyl or cyclic N) is 1. The molecule has 1 N–H and O–H groups in total. The van der Waals surface area contributed by atoms with E-state index in [1.54, 1.807) is 6.92 Å². The molecule has 3 rings (SSSR count). The maximum absolute atomic E-state index is 10.2. The number of aliphatic hydroxyl groups is 1. The Balaban J connectivity index is 1.94. The van der Waals surface area contributed by atoms with Crippen LogP contribution in [-0.4, -0.2) is 53.5 Å². The average molecular weight is 296 g/mol. The summed E-state index contributed by atoms with van der Waals surface area (Å²) in [4.78, 5) is 18.2. The van der Waals surface area contributed by atoms with Crippen molar-refractivity contribution >= 4 is 17.5 Å². The molecule has 0 amide bonds. The first-order valence-electron chi connectivity index (χ1n) is 6.27. The number of anilines is 1. The minimum absolute atomic E-state index is 0.0886. The molecule has 0 aromatic carbocycles. The van der Waals surface area contributed by atoms with E-state index in [1.165, 1.54) is 17.3 Å². The van der Waals surface area contributed by atoms with Gasteiger partial charge in [0.2, 0.25) is 11.2 Å². The van der Waals surface area contributed by atoms with Gasteiger partial charge in [-0.05, 0) is 31.4 Å². The minimum Gasteiger partial charge on any atom is -0.388 e. The van der Waals surface area contributed by atoms with Crippen molar-refractivity contribution in [1.82, 2.24) is 29.7 Å². The van der Waals surface area contributed by atoms with E-state index in [0.29, 0.717) is 18.4 Å². The molecule has 1 aliphatic rings. The number of piperidine rings is 1. The quantitative estimate of drug-likeness (QED) is 0.860. The van der Waals surface area contributed by atoms with Crippen LogP contribution in [0.2, 0.25) is 5.28 Å². The predicted molar refractivity (Wildman–Crippen MR) is 71.8 cm³/mol. The third kappa shape index (κ3) is 2.70. The molecular weight excluding hydrogens is 282 g/mol. The first-order valence-corrected chi connectivity index (χ1v) is 6.65. The topological polar surface area (TPSA) is 92.8 Å². The lowest BCUT2D eigenvalue weighted by Gasteiger charge is -2.36. The van der Waals surface area contributed by atoms with Crippen molar-refractivity contribution in [2.45, 2.75) is 25.4 Å². The monoisotopic (exact) mass is 295 g/mol. The summed E-state index contributed by atoms with van der Waals surface area (Å²) < 4.78 is 1.42. The Hall–Kier alpha value is -1.80. The van der Waals surface area contributed by atoms with E-state index in [-0.39, 0.29) is 5.28 Å². The first-order chi connectivity index (χ1) is 9.53. The fraction of sp³-hybridized carbons (Fsp3) is 0.545. The van der Waals surface area contributed by atoms with E-state index in [0.717, 1.165) is 19.4 Å². The summed E-state index contributed by atoms with van der Waals surface area (Å²) in [6.07, 6.45) is 4.51. The van der Waals surface area contributed by atoms with Crippen molar-refractivity contribution in [1.29, 1.82) is 0 Å². The van der Waals surface area contributed by atoms with Crippen molar-refractivity contribution < 1.29 is 5.11 Å². The highest BCUT2D eigenvalue weighted by molar-refractivity contribution is 6.28. The molecule has 9 heteroatoms. The molecule has 0 saturated carbocycles. The van der Waals surface area contributed by atoms with Crippen LogP contribution >= 0.6 is 11.6 Å². The highest BCUT2D eigenvalue weighted by Gasteiger charge is 2.30. The molecule has 106 valence electrons. The van der Waals surface area contributed by atoms with Crippen molar-refractivity contribution in [2.24, 2.45) is 0 Å². The van der Waals surface area contributed by atoms with E-state index in [1.807, 2.05) is 4.90 Å². The van der Waals surface area contributed by atoms with E-state index in [9.17, 15) is 5.11 Å². The molecule has 1 fully saturated rings. The van der Waals surface area contributed by atoms with Crippen LogP contribution in [0.15, 0.2) is 12.7 Å². The van der Waals surface area contributed by atoms with Gasteiger partial charge < -0.3 is 10.0 Å². The third-order valence-corrected chi connectivity index (χ3v) is 3.33. The fourth-order valence-electron chi connectivity index (χ4n) is 2.28. The molecule has 0 bridgehead atoms. The molecule has 1 atom stereocenters. The predicted octanol–water partition coefficient (Wildman–Crippen LogP) is 0.457. The number of aromatic nitrogens is 6. The smallest absolute Gasteiger partial charge is 0.258 e. The van der Waals surface area contributed by atoms with Crippen molar-refractivity contribution in [2.75, 3.05) is 18.0 Å². The number of nitrogens with zero attached hydrogens (tertiary/aromatic N) is 7. The Morgan fingerprint density at radius 2 is 2.10 bits per heavy atom. The number of halogens is 1. The van der Waals surface area contributed by atoms with E-state index in [4.69, 9.17) is 11.6 Å². The summed E-state index contributed by atoms with van der Waals surface area (Å²) in [5, 5.41) is 14.2.